The lowest BCUT2D eigenvalue weighted by molar-refractivity contribution is 0.510. The lowest BCUT2D eigenvalue weighted by Gasteiger charge is -2.01. The van der Waals surface area contributed by atoms with Crippen molar-refractivity contribution < 1.29 is 12.2 Å². The van der Waals surface area contributed by atoms with Gasteiger partial charge in [0.1, 0.15) is 27.5 Å². The van der Waals surface area contributed by atoms with E-state index in [0.29, 0.717) is 45.6 Å². The van der Waals surface area contributed by atoms with Crippen LogP contribution in [0.2, 0.25) is 0 Å². The molecule has 2 aliphatic rings. The number of fused-ring (bicyclic) bond motifs is 20. The smallest absolute Gasteiger partial charge is 0.313 e. The number of halogens is 1. The zero-order valence-corrected chi connectivity index (χ0v) is 24.4. The van der Waals surface area contributed by atoms with Gasteiger partial charge in [0.25, 0.3) is 0 Å². The third kappa shape index (κ3) is 4.25. The summed E-state index contributed by atoms with van der Waals surface area (Å²) in [5, 5.41) is 2.45. The van der Waals surface area contributed by atoms with Crippen molar-refractivity contribution in [3.05, 3.63) is 91.0 Å². The highest BCUT2D eigenvalue weighted by molar-refractivity contribution is 7.87. The SMILES string of the molecule is O=S(=O)(OCl)c1cccc2c3nc4nc(nc5[nH]c(nc6nc(nc([nH]3)c12)-c1ccccc1-6)c1ccccc51)-c1ccccc1-4.[AlH3]. The van der Waals surface area contributed by atoms with E-state index >= 15 is 0 Å². The topological polar surface area (TPSA) is 152 Å². The molecular formula is C32H20AlClN8O3S. The van der Waals surface area contributed by atoms with Crippen molar-refractivity contribution in [3.63, 3.8) is 0 Å². The molecule has 0 saturated heterocycles. The highest BCUT2D eigenvalue weighted by atomic mass is 35.5. The van der Waals surface area contributed by atoms with Gasteiger partial charge in [-0.05, 0) is 6.07 Å². The van der Waals surface area contributed by atoms with Gasteiger partial charge in [0.2, 0.25) is 0 Å². The van der Waals surface area contributed by atoms with Crippen LogP contribution < -0.4 is 0 Å². The maximum absolute atomic E-state index is 13.0. The van der Waals surface area contributed by atoms with Gasteiger partial charge in [0.05, 0.1) is 11.9 Å². The van der Waals surface area contributed by atoms with E-state index in [2.05, 4.69) is 13.7 Å². The Kier molecular flexibility index (Phi) is 6.50. The molecule has 0 atom stereocenters. The molecule has 11 nitrogen and oxygen atoms in total. The Morgan fingerprint density at radius 3 is 1.37 bits per heavy atom. The van der Waals surface area contributed by atoms with Crippen molar-refractivity contribution in [2.24, 2.45) is 0 Å². The summed E-state index contributed by atoms with van der Waals surface area (Å²) < 4.78 is 30.4. The summed E-state index contributed by atoms with van der Waals surface area (Å²) in [6.07, 6.45) is 0. The second kappa shape index (κ2) is 10.5. The Morgan fingerprint density at radius 1 is 0.500 bits per heavy atom. The summed E-state index contributed by atoms with van der Waals surface area (Å²) in [7, 11) is -4.35. The van der Waals surface area contributed by atoms with Crippen molar-refractivity contribution in [2.75, 3.05) is 0 Å². The number of aromatic nitrogens is 8. The lowest BCUT2D eigenvalue weighted by atomic mass is 10.1. The van der Waals surface area contributed by atoms with E-state index in [-0.39, 0.29) is 33.3 Å². The quantitative estimate of drug-likeness (QED) is 0.228. The minimum absolute atomic E-state index is 0. The van der Waals surface area contributed by atoms with Crippen LogP contribution in [0.1, 0.15) is 0 Å². The molecule has 0 radical (unpaired) electrons. The Morgan fingerprint density at radius 2 is 0.891 bits per heavy atom. The number of hydrogen-bond acceptors (Lipinski definition) is 9. The van der Waals surface area contributed by atoms with Crippen LogP contribution in [0.4, 0.5) is 0 Å². The fraction of sp³-hybridized carbons (Fsp3) is 0. The first-order valence-corrected chi connectivity index (χ1v) is 15.5. The Hall–Kier alpha value is -5.03. The second-order valence-electron chi connectivity index (χ2n) is 10.4. The molecule has 4 aromatic carbocycles. The third-order valence-corrected chi connectivity index (χ3v) is 9.44. The Balaban J connectivity index is 0.00000312. The van der Waals surface area contributed by atoms with Gasteiger partial charge >= 0.3 is 10.1 Å². The molecule has 0 saturated carbocycles. The van der Waals surface area contributed by atoms with E-state index in [4.69, 9.17) is 41.8 Å². The van der Waals surface area contributed by atoms with Crippen molar-refractivity contribution in [3.8, 4) is 45.6 Å². The standard InChI is InChI=1S/C32H17ClN8O3S.Al.3H/c33-44-45(42,43)23-15-7-14-22-24(23)32-40-30-21-13-6-5-12-20(21)28(38-30)36-26-17-9-2-1-8-16(17)25(34-26)35-27-18-10-3-4-11-19(18)29(37-27)39-31(22)41-32;;;;/h1-15H,(H2,34,35,36,37,38,39,40,41);;;;. The molecule has 46 heavy (non-hydrogen) atoms. The van der Waals surface area contributed by atoms with E-state index in [0.717, 1.165) is 33.0 Å². The average Bonchev–Trinajstić information content (AvgIpc) is 3.80. The summed E-state index contributed by atoms with van der Waals surface area (Å²) in [4.78, 5) is 35.7. The summed E-state index contributed by atoms with van der Waals surface area (Å²) in [6, 6.07) is 27.8. The molecule has 0 aliphatic carbocycles. The fourth-order valence-corrected chi connectivity index (χ4v) is 6.87. The minimum Gasteiger partial charge on any atom is -0.324 e. The molecule has 0 spiro atoms. The summed E-state index contributed by atoms with van der Waals surface area (Å²) >= 11 is 5.44. The van der Waals surface area contributed by atoms with Crippen LogP contribution in [0.25, 0.3) is 89.7 Å². The monoisotopic (exact) mass is 658 g/mol. The van der Waals surface area contributed by atoms with Gasteiger partial charge in [-0.2, -0.15) is 12.2 Å². The Labute approximate surface area is 275 Å². The van der Waals surface area contributed by atoms with Crippen molar-refractivity contribution in [1.29, 1.82) is 0 Å². The van der Waals surface area contributed by atoms with E-state index in [1.165, 1.54) is 6.07 Å². The highest BCUT2D eigenvalue weighted by Gasteiger charge is 2.25. The first-order chi connectivity index (χ1) is 22.0. The van der Waals surface area contributed by atoms with Gasteiger partial charge in [-0.25, -0.2) is 29.9 Å². The van der Waals surface area contributed by atoms with Crippen LogP contribution >= 0.6 is 11.9 Å². The molecule has 0 fully saturated rings. The third-order valence-electron chi connectivity index (χ3n) is 7.89. The number of aromatic amines is 2. The van der Waals surface area contributed by atoms with Crippen LogP contribution in [-0.4, -0.2) is 65.7 Å². The molecule has 14 heteroatoms. The van der Waals surface area contributed by atoms with Gasteiger partial charge in [0.15, 0.2) is 40.7 Å². The lowest BCUT2D eigenvalue weighted by Crippen LogP contribution is -2.00. The van der Waals surface area contributed by atoms with Crippen LogP contribution in [-0.2, 0) is 13.9 Å². The highest BCUT2D eigenvalue weighted by Crippen LogP contribution is 2.37. The maximum atomic E-state index is 13.0. The van der Waals surface area contributed by atoms with Gasteiger partial charge < -0.3 is 9.97 Å². The molecule has 5 heterocycles. The summed E-state index contributed by atoms with van der Waals surface area (Å²) in [5.41, 5.74) is 4.77. The second-order valence-corrected chi connectivity index (χ2v) is 12.3. The van der Waals surface area contributed by atoms with Crippen molar-refractivity contribution in [1.82, 2.24) is 39.9 Å². The number of nitrogens with zero attached hydrogens (tertiary/aromatic N) is 6. The average molecular weight is 659 g/mol. The van der Waals surface area contributed by atoms with E-state index < -0.39 is 10.1 Å². The van der Waals surface area contributed by atoms with Crippen molar-refractivity contribution >= 4 is 83.5 Å². The van der Waals surface area contributed by atoms with E-state index in [9.17, 15) is 8.42 Å². The summed E-state index contributed by atoms with van der Waals surface area (Å²) in [5.74, 6) is 1.64. The number of nitrogens with one attached hydrogen (secondary N) is 2. The molecule has 7 aromatic rings. The molecule has 0 amide bonds. The zero-order chi connectivity index (χ0) is 30.3. The van der Waals surface area contributed by atoms with Crippen LogP contribution in [0.5, 0.6) is 0 Å². The molecule has 0 unspecified atom stereocenters. The van der Waals surface area contributed by atoms with Crippen LogP contribution in [0, 0.1) is 0 Å². The molecule has 2 aliphatic heterocycles. The first-order valence-electron chi connectivity index (χ1n) is 13.8. The number of H-pyrrole nitrogens is 2. The molecule has 2 N–H and O–H groups in total. The minimum atomic E-state index is -4.35. The fourth-order valence-electron chi connectivity index (χ4n) is 5.90. The largest absolute Gasteiger partial charge is 0.324 e. The van der Waals surface area contributed by atoms with E-state index in [1.54, 1.807) is 12.1 Å². The molecule has 222 valence electrons. The van der Waals surface area contributed by atoms with Crippen molar-refractivity contribution in [2.45, 2.75) is 4.90 Å². The predicted octanol–water partition coefficient (Wildman–Crippen LogP) is 5.54. The normalized spacial score (nSPS) is 12.1. The van der Waals surface area contributed by atoms with Crippen LogP contribution in [0.15, 0.2) is 95.9 Å². The van der Waals surface area contributed by atoms with Crippen LogP contribution in [0.3, 0.4) is 0 Å². The molecule has 3 aromatic heterocycles. The molecular weight excluding hydrogens is 639 g/mol. The van der Waals surface area contributed by atoms with Gasteiger partial charge in [-0.15, -0.1) is 0 Å². The molecule has 8 bridgehead atoms. The molecule has 9 rings (SSSR count). The number of rotatable bonds is 2. The number of benzene rings is 4. The van der Waals surface area contributed by atoms with Gasteiger partial charge in [-0.1, -0.05) is 84.9 Å². The van der Waals surface area contributed by atoms with E-state index in [1.807, 2.05) is 72.8 Å². The van der Waals surface area contributed by atoms with Gasteiger partial charge in [-0.3, -0.25) is 0 Å². The predicted molar refractivity (Wildman–Crippen MR) is 180 cm³/mol. The summed E-state index contributed by atoms with van der Waals surface area (Å²) in [6.45, 7) is 0. The zero-order valence-electron chi connectivity index (χ0n) is 22.9. The Bertz CT molecular complexity index is 2690. The maximum Gasteiger partial charge on any atom is 0.313 e. The number of hydrogen-bond donors (Lipinski definition) is 2. The van der Waals surface area contributed by atoms with Gasteiger partial charge in [0, 0.05) is 43.8 Å². The first kappa shape index (κ1) is 28.4.